The maximum atomic E-state index is 11.0. The molecule has 0 bridgehead atoms. The molecule has 0 aliphatic rings. The molecule has 0 unspecified atom stereocenters. The Morgan fingerprint density at radius 3 is 2.31 bits per heavy atom. The number of imidazole rings is 1. The molecule has 1 heterocycles. The first-order valence-electron chi connectivity index (χ1n) is 9.73. The highest BCUT2D eigenvalue weighted by Gasteiger charge is 2.19. The summed E-state index contributed by atoms with van der Waals surface area (Å²) in [5.41, 5.74) is 2.83. The summed E-state index contributed by atoms with van der Waals surface area (Å²) < 4.78 is 22.3. The molecule has 0 amide bonds. The molecule has 3 radical (unpaired) electrons. The molecule has 32 heavy (non-hydrogen) atoms. The quantitative estimate of drug-likeness (QED) is 0.264. The summed E-state index contributed by atoms with van der Waals surface area (Å²) in [4.78, 5) is 22.0. The molecule has 1 aromatic heterocycles. The zero-order valence-corrected chi connectivity index (χ0v) is 19.1. The molecule has 3 rings (SSSR count). The average molecular weight is 469 g/mol. The molecular formula is C22H22N2O6PSi. The van der Waals surface area contributed by atoms with Crippen LogP contribution < -0.4 is 4.43 Å². The van der Waals surface area contributed by atoms with E-state index in [-0.39, 0.29) is 13.0 Å². The summed E-state index contributed by atoms with van der Waals surface area (Å²) in [6, 6.07) is 14.8. The van der Waals surface area contributed by atoms with Crippen molar-refractivity contribution in [2.45, 2.75) is 25.5 Å². The normalized spacial score (nSPS) is 13.2. The van der Waals surface area contributed by atoms with Gasteiger partial charge in [-0.1, -0.05) is 36.1 Å². The molecule has 3 N–H and O–H groups in total. The lowest BCUT2D eigenvalue weighted by Crippen LogP contribution is -2.14. The fourth-order valence-electron chi connectivity index (χ4n) is 3.10. The Balaban J connectivity index is 1.80. The summed E-state index contributed by atoms with van der Waals surface area (Å²) in [6.45, 7) is 1.39. The van der Waals surface area contributed by atoms with Crippen molar-refractivity contribution in [2.75, 3.05) is 6.61 Å². The summed E-state index contributed by atoms with van der Waals surface area (Å²) in [5.74, 6) is 7.30. The van der Waals surface area contributed by atoms with Crippen LogP contribution in [0.3, 0.4) is 0 Å². The highest BCUT2D eigenvalue weighted by molar-refractivity contribution is 7.46. The fourth-order valence-corrected chi connectivity index (χ4v) is 3.58. The molecular weight excluding hydrogens is 447 g/mol. The number of aliphatic hydroxyl groups is 1. The van der Waals surface area contributed by atoms with Crippen molar-refractivity contribution in [3.63, 3.8) is 0 Å². The van der Waals surface area contributed by atoms with Gasteiger partial charge in [0, 0.05) is 24.4 Å². The van der Waals surface area contributed by atoms with Crippen LogP contribution in [-0.2, 0) is 9.09 Å². The number of phosphoric ester groups is 1. The third kappa shape index (κ3) is 6.65. The molecule has 165 valence electrons. The number of phosphoric acid groups is 1. The molecule has 2 atom stereocenters. The van der Waals surface area contributed by atoms with Crippen LogP contribution in [0.1, 0.15) is 36.9 Å². The first-order chi connectivity index (χ1) is 15.3. The topological polar surface area (TPSA) is 114 Å². The monoisotopic (exact) mass is 469 g/mol. The zero-order valence-electron chi connectivity index (χ0n) is 17.3. The van der Waals surface area contributed by atoms with Gasteiger partial charge in [0.2, 0.25) is 0 Å². The Labute approximate surface area is 189 Å². The van der Waals surface area contributed by atoms with Crippen molar-refractivity contribution in [2.24, 2.45) is 0 Å². The Bertz CT molecular complexity index is 1130. The van der Waals surface area contributed by atoms with Gasteiger partial charge in [-0.05, 0) is 42.3 Å². The molecule has 3 aromatic rings. The van der Waals surface area contributed by atoms with Crippen LogP contribution in [-0.4, -0.2) is 41.5 Å². The largest absolute Gasteiger partial charge is 0.540 e. The lowest BCUT2D eigenvalue weighted by Gasteiger charge is -2.17. The Hall–Kier alpha value is -2.70. The van der Waals surface area contributed by atoms with Gasteiger partial charge in [-0.2, -0.15) is 0 Å². The van der Waals surface area contributed by atoms with Gasteiger partial charge in [0.25, 0.3) is 0 Å². The predicted octanol–water partition coefficient (Wildman–Crippen LogP) is 3.16. The molecule has 0 spiro atoms. The maximum absolute atomic E-state index is 11.0. The number of aromatic nitrogens is 2. The Kier molecular flexibility index (Phi) is 8.04. The van der Waals surface area contributed by atoms with Crippen molar-refractivity contribution < 1.29 is 28.4 Å². The van der Waals surface area contributed by atoms with Gasteiger partial charge in [0.05, 0.1) is 12.6 Å². The predicted molar refractivity (Wildman–Crippen MR) is 120 cm³/mol. The number of benzene rings is 2. The Morgan fingerprint density at radius 2 is 1.75 bits per heavy atom. The first-order valence-corrected chi connectivity index (χ1v) is 11.7. The first kappa shape index (κ1) is 23.9. The molecule has 8 nitrogen and oxygen atoms in total. The van der Waals surface area contributed by atoms with Crippen molar-refractivity contribution in [3.8, 4) is 28.7 Å². The van der Waals surface area contributed by atoms with Crippen molar-refractivity contribution >= 4 is 18.3 Å². The molecule has 0 saturated carbocycles. The van der Waals surface area contributed by atoms with E-state index in [1.807, 2.05) is 48.5 Å². The van der Waals surface area contributed by atoms with Crippen LogP contribution in [0, 0.1) is 11.8 Å². The second kappa shape index (κ2) is 10.7. The second-order valence-electron chi connectivity index (χ2n) is 6.97. The van der Waals surface area contributed by atoms with Crippen LogP contribution in [0.2, 0.25) is 0 Å². The van der Waals surface area contributed by atoms with E-state index in [2.05, 4.69) is 31.8 Å². The molecule has 0 saturated heterocycles. The van der Waals surface area contributed by atoms with E-state index in [1.165, 1.54) is 0 Å². The van der Waals surface area contributed by atoms with E-state index in [1.54, 1.807) is 23.9 Å². The van der Waals surface area contributed by atoms with Crippen molar-refractivity contribution in [3.05, 3.63) is 72.3 Å². The van der Waals surface area contributed by atoms with E-state index in [0.29, 0.717) is 11.6 Å². The van der Waals surface area contributed by atoms with Gasteiger partial charge in [-0.25, -0.2) is 9.55 Å². The standard InChI is InChI=1S/C22H22N2O6PSi/c1-16(25)22-23-13-14-24(22)20(12-15-29-31(26,27)28)9-4-17-2-5-18(6-3-17)19-7-10-21(30-32)11-8-19/h2-3,5-8,10-11,13-14,16,20,25H,12,15H2,1H3,(H2,26,27,28)/t16-,20-/m0/s1. The lowest BCUT2D eigenvalue weighted by molar-refractivity contribution is 0.174. The fraction of sp³-hybridized carbons (Fsp3) is 0.227. The van der Waals surface area contributed by atoms with Crippen LogP contribution in [0.5, 0.6) is 5.75 Å². The third-order valence-corrected chi connectivity index (χ3v) is 5.39. The summed E-state index contributed by atoms with van der Waals surface area (Å²) in [7, 11) is -1.58. The van der Waals surface area contributed by atoms with Gasteiger partial charge in [0.15, 0.2) is 0 Å². The van der Waals surface area contributed by atoms with Gasteiger partial charge >= 0.3 is 18.3 Å². The molecule has 0 aliphatic heterocycles. The minimum atomic E-state index is -4.58. The van der Waals surface area contributed by atoms with Crippen molar-refractivity contribution in [1.29, 1.82) is 0 Å². The van der Waals surface area contributed by atoms with E-state index in [4.69, 9.17) is 14.2 Å². The number of hydrogen-bond acceptors (Lipinski definition) is 5. The number of aliphatic hydroxyl groups excluding tert-OH is 1. The molecule has 0 aliphatic carbocycles. The number of rotatable bonds is 8. The van der Waals surface area contributed by atoms with E-state index < -0.39 is 20.0 Å². The maximum Gasteiger partial charge on any atom is 0.469 e. The molecule has 2 aromatic carbocycles. The Morgan fingerprint density at radius 1 is 1.12 bits per heavy atom. The van der Waals surface area contributed by atoms with Crippen LogP contribution in [0.25, 0.3) is 11.1 Å². The smallest absolute Gasteiger partial charge is 0.469 e. The molecule has 0 fully saturated rings. The lowest BCUT2D eigenvalue weighted by atomic mass is 10.0. The minimum Gasteiger partial charge on any atom is -0.540 e. The van der Waals surface area contributed by atoms with Crippen LogP contribution in [0.15, 0.2) is 60.9 Å². The van der Waals surface area contributed by atoms with E-state index in [0.717, 1.165) is 16.7 Å². The van der Waals surface area contributed by atoms with Gasteiger partial charge in [-0.15, -0.1) is 0 Å². The van der Waals surface area contributed by atoms with Gasteiger partial charge < -0.3 is 23.9 Å². The van der Waals surface area contributed by atoms with Crippen LogP contribution in [0.4, 0.5) is 0 Å². The van der Waals surface area contributed by atoms with E-state index in [9.17, 15) is 9.67 Å². The summed E-state index contributed by atoms with van der Waals surface area (Å²) in [6.07, 6.45) is 2.59. The second-order valence-corrected chi connectivity index (χ2v) is 8.41. The highest BCUT2D eigenvalue weighted by atomic mass is 31.2. The highest BCUT2D eigenvalue weighted by Crippen LogP contribution is 2.36. The van der Waals surface area contributed by atoms with Crippen LogP contribution >= 0.6 is 7.82 Å². The summed E-state index contributed by atoms with van der Waals surface area (Å²) in [5, 5.41) is 9.96. The zero-order chi connectivity index (χ0) is 23.1. The van der Waals surface area contributed by atoms with Gasteiger partial charge in [0.1, 0.15) is 17.7 Å². The van der Waals surface area contributed by atoms with Crippen molar-refractivity contribution in [1.82, 2.24) is 9.55 Å². The average Bonchev–Trinajstić information content (AvgIpc) is 3.26. The third-order valence-electron chi connectivity index (χ3n) is 4.63. The number of nitrogens with zero attached hydrogens (tertiary/aromatic N) is 2. The molecule has 10 heteroatoms. The SMILES string of the molecule is C[C@H](O)c1nccn1[C@@H](C#Cc1ccc(-c2ccc(O[Si])cc2)cc1)CCOP(=O)(O)O. The number of hydrogen-bond donors (Lipinski definition) is 3. The minimum absolute atomic E-state index is 0.200. The summed E-state index contributed by atoms with van der Waals surface area (Å²) >= 11 is 0. The van der Waals surface area contributed by atoms with Gasteiger partial charge in [-0.3, -0.25) is 4.52 Å². The van der Waals surface area contributed by atoms with E-state index >= 15 is 0 Å².